The molecular weight excluding hydrogens is 453 g/mol. The van der Waals surface area contributed by atoms with Crippen LogP contribution in [0.25, 0.3) is 11.1 Å². The lowest BCUT2D eigenvalue weighted by molar-refractivity contribution is -0.104. The Hall–Kier alpha value is -3.19. The van der Waals surface area contributed by atoms with Crippen molar-refractivity contribution >= 4 is 23.4 Å². The Kier molecular flexibility index (Phi) is 15.7. The minimum Gasteiger partial charge on any atom is -0.388 e. The van der Waals surface area contributed by atoms with Gasteiger partial charge in [0.1, 0.15) is 6.29 Å². The van der Waals surface area contributed by atoms with E-state index in [1.807, 2.05) is 20.8 Å². The van der Waals surface area contributed by atoms with E-state index < -0.39 is 17.6 Å². The van der Waals surface area contributed by atoms with Crippen LogP contribution >= 0.6 is 0 Å². The summed E-state index contributed by atoms with van der Waals surface area (Å²) in [6.07, 6.45) is 10.4. The second kappa shape index (κ2) is 17.3. The van der Waals surface area contributed by atoms with E-state index in [0.29, 0.717) is 36.0 Å². The Bertz CT molecular complexity index is 1010. The van der Waals surface area contributed by atoms with Gasteiger partial charge in [0.15, 0.2) is 11.6 Å². The molecule has 1 aliphatic rings. The molecule has 0 saturated carbocycles. The number of hydrogen-bond acceptors (Lipinski definition) is 4. The van der Waals surface area contributed by atoms with Crippen LogP contribution < -0.4 is 0 Å². The summed E-state index contributed by atoms with van der Waals surface area (Å²) in [6, 6.07) is 2.36. The topological polar surface area (TPSA) is 41.9 Å². The van der Waals surface area contributed by atoms with Crippen LogP contribution in [-0.2, 0) is 9.53 Å². The lowest BCUT2D eigenvalue weighted by Gasteiger charge is -2.23. The highest BCUT2D eigenvalue weighted by Gasteiger charge is 2.22. The van der Waals surface area contributed by atoms with Crippen LogP contribution in [0.2, 0.25) is 0 Å². The van der Waals surface area contributed by atoms with Crippen LogP contribution in [0.15, 0.2) is 65.6 Å². The largest absolute Gasteiger partial charge is 0.388 e. The minimum atomic E-state index is -1.05. The molecule has 0 atom stereocenters. The van der Waals surface area contributed by atoms with Gasteiger partial charge in [-0.2, -0.15) is 4.39 Å². The molecule has 0 fully saturated rings. The van der Waals surface area contributed by atoms with Gasteiger partial charge >= 0.3 is 0 Å². The van der Waals surface area contributed by atoms with E-state index in [4.69, 9.17) is 0 Å². The van der Waals surface area contributed by atoms with Crippen LogP contribution in [0.5, 0.6) is 0 Å². The number of allylic oxidation sites excluding steroid dienone is 6. The second-order valence-corrected chi connectivity index (χ2v) is 7.10. The summed E-state index contributed by atoms with van der Waals surface area (Å²) in [5.41, 5.74) is 1.73. The molecule has 2 rings (SSSR count). The standard InChI is InChI=1S/C24H25F3N2O.C2H6O.C2H6/c1-5-7-8-20(24(27)28-4)19-9-10-21(25)23(26)22(19)18(6-2)14-29-12-11-17(15-30)13-16(29)3;1-3-2;1-2/h8-15H,3,5-7H2,1-2,4H3;1-2H3;1-2H3/b18-14+,20-8-,28-24?;;. The number of hydrogen-bond donors (Lipinski definition) is 0. The van der Waals surface area contributed by atoms with E-state index >= 15 is 0 Å². The lowest BCUT2D eigenvalue weighted by Crippen LogP contribution is -2.13. The molecule has 7 heteroatoms. The summed E-state index contributed by atoms with van der Waals surface area (Å²) in [5.74, 6) is -2.82. The second-order valence-electron chi connectivity index (χ2n) is 7.10. The molecule has 0 aromatic heterocycles. The third-order valence-corrected chi connectivity index (χ3v) is 4.67. The van der Waals surface area contributed by atoms with E-state index in [2.05, 4.69) is 16.3 Å². The smallest absolute Gasteiger partial charge is 0.215 e. The fourth-order valence-electron chi connectivity index (χ4n) is 3.08. The third kappa shape index (κ3) is 9.17. The van der Waals surface area contributed by atoms with Gasteiger partial charge in [0, 0.05) is 56.1 Å². The summed E-state index contributed by atoms with van der Waals surface area (Å²) in [6.45, 7) is 11.6. The van der Waals surface area contributed by atoms with Gasteiger partial charge in [-0.05, 0) is 42.2 Å². The number of methoxy groups -OCH3 is 1. The van der Waals surface area contributed by atoms with Crippen molar-refractivity contribution in [3.05, 3.63) is 83.4 Å². The normalized spacial score (nSPS) is 14.0. The molecule has 0 radical (unpaired) electrons. The Morgan fingerprint density at radius 1 is 1.20 bits per heavy atom. The van der Waals surface area contributed by atoms with Crippen molar-refractivity contribution in [2.45, 2.75) is 47.0 Å². The fraction of sp³-hybridized carbons (Fsp3) is 0.357. The van der Waals surface area contributed by atoms with Gasteiger partial charge in [-0.3, -0.25) is 9.79 Å². The fourth-order valence-corrected chi connectivity index (χ4v) is 3.08. The van der Waals surface area contributed by atoms with E-state index in [0.717, 1.165) is 12.5 Å². The van der Waals surface area contributed by atoms with Crippen molar-refractivity contribution in [2.75, 3.05) is 21.3 Å². The SMILES string of the molecule is C=C1C=C(C=O)C=CN1/C=C(\CC)c1c(/C(=C/CCC)C(F)=NC)ccc(F)c1F.CC.COC. The number of benzene rings is 1. The van der Waals surface area contributed by atoms with Gasteiger partial charge in [0.25, 0.3) is 0 Å². The molecule has 0 bridgehead atoms. The molecule has 1 aliphatic heterocycles. The number of halogens is 3. The molecule has 4 nitrogen and oxygen atoms in total. The van der Waals surface area contributed by atoms with Gasteiger partial charge in [-0.1, -0.05) is 52.8 Å². The molecule has 0 saturated heterocycles. The average molecular weight is 491 g/mol. The van der Waals surface area contributed by atoms with Gasteiger partial charge in [0.2, 0.25) is 5.97 Å². The quantitative estimate of drug-likeness (QED) is 0.278. The van der Waals surface area contributed by atoms with Gasteiger partial charge in [-0.15, -0.1) is 0 Å². The van der Waals surface area contributed by atoms with Gasteiger partial charge in [0.05, 0.1) is 0 Å². The molecule has 0 amide bonds. The zero-order valence-electron chi connectivity index (χ0n) is 21.8. The van der Waals surface area contributed by atoms with Crippen LogP contribution in [-0.4, -0.2) is 38.4 Å². The maximum atomic E-state index is 15.0. The first-order valence-electron chi connectivity index (χ1n) is 11.5. The van der Waals surface area contributed by atoms with Crippen LogP contribution in [0.1, 0.15) is 58.1 Å². The Morgan fingerprint density at radius 3 is 2.31 bits per heavy atom. The highest BCUT2D eigenvalue weighted by atomic mass is 19.2. The van der Waals surface area contributed by atoms with Crippen molar-refractivity contribution in [1.82, 2.24) is 4.90 Å². The molecule has 0 aliphatic carbocycles. The molecule has 0 spiro atoms. The summed E-state index contributed by atoms with van der Waals surface area (Å²) < 4.78 is 48.0. The van der Waals surface area contributed by atoms with E-state index in [-0.39, 0.29) is 16.7 Å². The van der Waals surface area contributed by atoms with E-state index in [1.54, 1.807) is 56.7 Å². The number of carbonyl (C=O) groups is 1. The molecule has 1 heterocycles. The maximum Gasteiger partial charge on any atom is 0.215 e. The molecule has 0 unspecified atom stereocenters. The van der Waals surface area contributed by atoms with Crippen LogP contribution in [0.3, 0.4) is 0 Å². The first kappa shape index (κ1) is 31.8. The highest BCUT2D eigenvalue weighted by Crippen LogP contribution is 2.34. The molecule has 1 aromatic carbocycles. The van der Waals surface area contributed by atoms with Crippen molar-refractivity contribution in [1.29, 1.82) is 0 Å². The maximum absolute atomic E-state index is 15.0. The molecule has 0 N–H and O–H groups in total. The molecule has 192 valence electrons. The summed E-state index contributed by atoms with van der Waals surface area (Å²) in [4.78, 5) is 16.2. The van der Waals surface area contributed by atoms with Crippen molar-refractivity contribution in [2.24, 2.45) is 4.99 Å². The number of ether oxygens (including phenoxy) is 1. The van der Waals surface area contributed by atoms with Crippen molar-refractivity contribution < 1.29 is 22.7 Å². The summed E-state index contributed by atoms with van der Waals surface area (Å²) in [5, 5.41) is 0. The van der Waals surface area contributed by atoms with Crippen molar-refractivity contribution in [3.8, 4) is 0 Å². The van der Waals surface area contributed by atoms with Gasteiger partial charge in [-0.25, -0.2) is 8.78 Å². The number of aliphatic imine (C=N–C) groups is 1. The zero-order chi connectivity index (χ0) is 27.0. The zero-order valence-corrected chi connectivity index (χ0v) is 21.8. The number of rotatable bonds is 8. The Balaban J connectivity index is 0.00000214. The first-order chi connectivity index (χ1) is 16.8. The van der Waals surface area contributed by atoms with Crippen LogP contribution in [0, 0.1) is 11.6 Å². The number of carbonyl (C=O) groups excluding carboxylic acids is 1. The number of aldehydes is 1. The predicted octanol–water partition coefficient (Wildman–Crippen LogP) is 7.65. The summed E-state index contributed by atoms with van der Waals surface area (Å²) in [7, 11) is 4.56. The Morgan fingerprint density at radius 2 is 1.83 bits per heavy atom. The summed E-state index contributed by atoms with van der Waals surface area (Å²) >= 11 is 0. The monoisotopic (exact) mass is 490 g/mol. The van der Waals surface area contributed by atoms with Gasteiger partial charge < -0.3 is 9.64 Å². The average Bonchev–Trinajstić information content (AvgIpc) is 2.87. The molecule has 35 heavy (non-hydrogen) atoms. The first-order valence-corrected chi connectivity index (χ1v) is 11.5. The molecule has 1 aromatic rings. The van der Waals surface area contributed by atoms with Crippen LogP contribution in [0.4, 0.5) is 13.2 Å². The van der Waals surface area contributed by atoms with E-state index in [1.165, 1.54) is 13.1 Å². The third-order valence-electron chi connectivity index (χ3n) is 4.67. The predicted molar refractivity (Wildman–Crippen MR) is 141 cm³/mol. The van der Waals surface area contributed by atoms with E-state index in [9.17, 15) is 18.0 Å². The Labute approximate surface area is 207 Å². The number of unbranched alkanes of at least 4 members (excludes halogenated alkanes) is 1. The highest BCUT2D eigenvalue weighted by molar-refractivity contribution is 6.20. The van der Waals surface area contributed by atoms with Crippen molar-refractivity contribution in [3.63, 3.8) is 0 Å². The lowest BCUT2D eigenvalue weighted by atomic mass is 9.91. The minimum absolute atomic E-state index is 0.0231. The number of nitrogens with zero attached hydrogens (tertiary/aromatic N) is 2. The molecular formula is C28H37F3N2O2.